The van der Waals surface area contributed by atoms with Gasteiger partial charge in [-0.3, -0.25) is 4.98 Å². The standard InChI is InChI=1S/C24H21N2O.2C23H19N2O.2C22H17N2O/c1-14-11-19-23-18-8-6-5-7-17(18)9-10-21(23)27-24(19)22(16(14)3)20-12-15(2)25-13-26(20)4;1-14-8-10-18-22-17-7-5-4-6-16(17)9-11-20(22)26-23(18)21(14)19-12-15(2)24-13-25(19)3;1-14-12-18-22-17-7-5-4-6-16(17)8-9-20(22)26-23(18)21(15(14)2)19-10-11-24-13-25(19)3;1-14-7-9-17-21-16-6-4-3-5-15(16)8-10-19(21)25-22(17)20(14)18-13-23-11-12-24(18)2;1-14-7-9-17-21-16-6-4-3-5-15(16)8-10-19(21)25-22(17)20(14)18-11-12-23-13-24(18)2/h5-13H,1-4H3;2*4-13H,1-3H3;2*3-13H,1-2H3/q5*+1. The van der Waals surface area contributed by atoms with Crippen molar-refractivity contribution in [2.75, 3.05) is 0 Å². The second-order valence-electron chi connectivity index (χ2n) is 34.1. The Labute approximate surface area is 744 Å². The van der Waals surface area contributed by atoms with Crippen LogP contribution >= 0.6 is 0 Å². The molecule has 0 amide bonds. The molecule has 0 radical (unpaired) electrons. The summed E-state index contributed by atoms with van der Waals surface area (Å²) < 4.78 is 42.2. The third-order valence-electron chi connectivity index (χ3n) is 26.0. The van der Waals surface area contributed by atoms with Gasteiger partial charge in [-0.15, -0.1) is 0 Å². The monoisotopic (exact) mass is 1680 g/mol. The lowest BCUT2D eigenvalue weighted by molar-refractivity contribution is -0.663. The van der Waals surface area contributed by atoms with Gasteiger partial charge in [0.15, 0.2) is 17.6 Å². The zero-order valence-electron chi connectivity index (χ0n) is 74.5. The van der Waals surface area contributed by atoms with Gasteiger partial charge in [0, 0.05) is 92.0 Å². The van der Waals surface area contributed by atoms with Crippen molar-refractivity contribution in [1.29, 1.82) is 0 Å². The minimum absolute atomic E-state index is 0.923. The van der Waals surface area contributed by atoms with E-state index in [1.54, 1.807) is 6.20 Å². The molecule has 0 aliphatic carbocycles. The third kappa shape index (κ3) is 13.7. The maximum Gasteiger partial charge on any atom is 0.286 e. The summed E-state index contributed by atoms with van der Waals surface area (Å²) in [6.07, 6.45) is 16.7. The zero-order chi connectivity index (χ0) is 88.3. The average Bonchev–Trinajstić information content (AvgIpc) is 1.58. The van der Waals surface area contributed by atoms with Gasteiger partial charge in [-0.1, -0.05) is 208 Å². The largest absolute Gasteiger partial charge is 0.455 e. The number of nitrogens with zero attached hydrogens (tertiary/aromatic N) is 10. The Hall–Kier alpha value is -16.0. The molecule has 0 bridgehead atoms. The Bertz CT molecular complexity index is 8710. The van der Waals surface area contributed by atoms with Crippen LogP contribution in [0.25, 0.3) is 220 Å². The maximum absolute atomic E-state index is 6.44. The van der Waals surface area contributed by atoms with Crippen LogP contribution < -0.4 is 22.8 Å². The maximum atomic E-state index is 6.44. The number of hydrogen-bond donors (Lipinski definition) is 0. The molecule has 15 nitrogen and oxygen atoms in total. The van der Waals surface area contributed by atoms with Crippen LogP contribution in [0.2, 0.25) is 0 Å². The molecule has 129 heavy (non-hydrogen) atoms. The lowest BCUT2D eigenvalue weighted by Gasteiger charge is -2.10. The van der Waals surface area contributed by atoms with E-state index in [1.807, 2.05) is 120 Å². The average molecular weight is 1680 g/mol. The highest BCUT2D eigenvalue weighted by Gasteiger charge is 2.28. The summed E-state index contributed by atoms with van der Waals surface area (Å²) in [6.45, 7) is 19.1. The SMILES string of the molecule is Cc1cc(-c2c(C)c(C)cc3c2oc2ccc4ccccc4c23)[n+](C)cn1.Cc1cc(-c2c(C)ccc3c2oc2ccc4ccccc4c23)[n+](C)cn1.Cc1cc2c(oc3ccc4ccccc4c32)c(-c2ccnc[n+]2C)c1C.Cc1ccc2c(oc3ccc4ccccc4c32)c1-c1ccnc[n+]1C.Cc1ccc2c(oc3ccc4ccccc4c32)c1-c1cncc[n+]1C. The van der Waals surface area contributed by atoms with Crippen molar-refractivity contribution in [3.8, 4) is 56.3 Å². The molecular formula is C114H93N10O5+5. The molecule has 0 saturated heterocycles. The van der Waals surface area contributed by atoms with Gasteiger partial charge in [-0.05, 0) is 184 Å². The van der Waals surface area contributed by atoms with Gasteiger partial charge in [0.05, 0.1) is 68.4 Å². The summed E-state index contributed by atoms with van der Waals surface area (Å²) in [4.78, 5) is 21.5. The van der Waals surface area contributed by atoms with Crippen molar-refractivity contribution in [1.82, 2.24) is 24.9 Å². The van der Waals surface area contributed by atoms with Crippen LogP contribution in [0, 0.1) is 62.3 Å². The van der Waals surface area contributed by atoms with Crippen LogP contribution in [0.4, 0.5) is 0 Å². The van der Waals surface area contributed by atoms with Crippen LogP contribution in [-0.4, -0.2) is 24.9 Å². The first kappa shape index (κ1) is 80.1. The first-order valence-electron chi connectivity index (χ1n) is 43.5. The number of aryl methyl sites for hydroxylation is 12. The number of furan rings is 5. The molecule has 0 saturated carbocycles. The minimum atomic E-state index is 0.923. The van der Waals surface area contributed by atoms with Crippen LogP contribution in [0.15, 0.2) is 333 Å². The van der Waals surface area contributed by atoms with Crippen molar-refractivity contribution >= 4 is 164 Å². The van der Waals surface area contributed by atoms with Gasteiger partial charge in [0.25, 0.3) is 25.3 Å². The highest BCUT2D eigenvalue weighted by molar-refractivity contribution is 6.26. The minimum Gasteiger partial charge on any atom is -0.455 e. The molecule has 25 rings (SSSR count). The highest BCUT2D eigenvalue weighted by atomic mass is 16.3. The van der Waals surface area contributed by atoms with Gasteiger partial charge < -0.3 is 22.1 Å². The fourth-order valence-electron chi connectivity index (χ4n) is 19.2. The van der Waals surface area contributed by atoms with Crippen LogP contribution in [0.1, 0.15) is 50.3 Å². The lowest BCUT2D eigenvalue weighted by Crippen LogP contribution is -2.31. The normalized spacial score (nSPS) is 11.6. The molecule has 10 aromatic heterocycles. The predicted octanol–water partition coefficient (Wildman–Crippen LogP) is 25.9. The lowest BCUT2D eigenvalue weighted by atomic mass is 9.95. The molecule has 0 atom stereocenters. The fourth-order valence-corrected chi connectivity index (χ4v) is 19.2. The Morgan fingerprint density at radius 2 is 0.519 bits per heavy atom. The van der Waals surface area contributed by atoms with Crippen molar-refractivity contribution in [2.24, 2.45) is 35.2 Å². The van der Waals surface area contributed by atoms with Gasteiger partial charge in [0.1, 0.15) is 98.0 Å². The Morgan fingerprint density at radius 1 is 0.225 bits per heavy atom. The molecule has 10 heterocycles. The molecule has 0 fully saturated rings. The summed E-state index contributed by atoms with van der Waals surface area (Å²) in [5.41, 5.74) is 31.1. The van der Waals surface area contributed by atoms with Crippen molar-refractivity contribution in [3.63, 3.8) is 0 Å². The first-order chi connectivity index (χ1) is 62.8. The van der Waals surface area contributed by atoms with E-state index >= 15 is 0 Å². The first-order valence-corrected chi connectivity index (χ1v) is 43.5. The topological polar surface area (TPSA) is 150 Å². The van der Waals surface area contributed by atoms with E-state index < -0.39 is 0 Å². The number of benzene rings is 15. The van der Waals surface area contributed by atoms with E-state index in [1.165, 1.54) is 131 Å². The van der Waals surface area contributed by atoms with E-state index in [0.29, 0.717) is 0 Å². The number of rotatable bonds is 5. The molecule has 0 aliphatic heterocycles. The fraction of sp³-hybridized carbons (Fsp3) is 0.123. The Morgan fingerprint density at radius 3 is 0.868 bits per heavy atom. The van der Waals surface area contributed by atoms with Crippen molar-refractivity contribution in [2.45, 2.75) is 62.3 Å². The Kier molecular flexibility index (Phi) is 20.0. The second-order valence-corrected chi connectivity index (χ2v) is 34.1. The van der Waals surface area contributed by atoms with E-state index in [2.05, 4.69) is 330 Å². The van der Waals surface area contributed by atoms with Crippen molar-refractivity contribution in [3.05, 3.63) is 361 Å². The highest BCUT2D eigenvalue weighted by Crippen LogP contribution is 2.47. The molecule has 0 spiro atoms. The summed E-state index contributed by atoms with van der Waals surface area (Å²) in [7, 11) is 10.1. The molecule has 0 N–H and O–H groups in total. The van der Waals surface area contributed by atoms with E-state index in [9.17, 15) is 0 Å². The van der Waals surface area contributed by atoms with Crippen LogP contribution in [0.5, 0.6) is 0 Å². The van der Waals surface area contributed by atoms with Gasteiger partial charge in [-0.25, -0.2) is 18.3 Å². The zero-order valence-corrected chi connectivity index (χ0v) is 74.5. The number of fused-ring (bicyclic) bond motifs is 25. The Balaban J connectivity index is 0.0000000978. The second kappa shape index (κ2) is 32.2. The quantitative estimate of drug-likeness (QED) is 0.152. The summed E-state index contributed by atoms with van der Waals surface area (Å²) in [5.74, 6) is 0. The molecule has 0 unspecified atom stereocenters. The molecule has 15 aromatic carbocycles. The van der Waals surface area contributed by atoms with E-state index in [-0.39, 0.29) is 0 Å². The smallest absolute Gasteiger partial charge is 0.286 e. The van der Waals surface area contributed by atoms with Crippen LogP contribution in [-0.2, 0) is 35.2 Å². The molecule has 0 aliphatic rings. The number of hydrogen-bond acceptors (Lipinski definition) is 10. The van der Waals surface area contributed by atoms with Crippen molar-refractivity contribution < 1.29 is 44.9 Å². The predicted molar refractivity (Wildman–Crippen MR) is 521 cm³/mol. The third-order valence-corrected chi connectivity index (χ3v) is 26.0. The van der Waals surface area contributed by atoms with E-state index in [0.717, 1.165) is 140 Å². The number of aromatic nitrogens is 10. The molecule has 25 aromatic rings. The molecule has 624 valence electrons. The molecule has 15 heteroatoms. The van der Waals surface area contributed by atoms with Gasteiger partial charge >= 0.3 is 0 Å². The van der Waals surface area contributed by atoms with Gasteiger partial charge in [0.2, 0.25) is 5.69 Å². The summed E-state index contributed by atoms with van der Waals surface area (Å²) >= 11 is 0. The van der Waals surface area contributed by atoms with E-state index in [4.69, 9.17) is 22.1 Å². The summed E-state index contributed by atoms with van der Waals surface area (Å²) in [5, 5.41) is 24.1. The molecular weight excluding hydrogens is 1590 g/mol. The van der Waals surface area contributed by atoms with Gasteiger partial charge in [-0.2, -0.15) is 4.57 Å². The van der Waals surface area contributed by atoms with Crippen LogP contribution in [0.3, 0.4) is 0 Å². The summed E-state index contributed by atoms with van der Waals surface area (Å²) in [6, 6.07) is 89.3.